The van der Waals surface area contributed by atoms with E-state index in [1.807, 2.05) is 0 Å². The third kappa shape index (κ3) is 7.12. The number of alkyl halides is 3. The number of primary amides is 1. The Bertz CT molecular complexity index is 773. The van der Waals surface area contributed by atoms with E-state index in [4.69, 9.17) is 10.2 Å². The van der Waals surface area contributed by atoms with Crippen molar-refractivity contribution < 1.29 is 22.4 Å². The van der Waals surface area contributed by atoms with Gasteiger partial charge >= 0.3 is 6.18 Å². The number of aliphatic imine (C=N–C) groups is 1. The molecule has 1 aromatic carbocycles. The summed E-state index contributed by atoms with van der Waals surface area (Å²) in [6.45, 7) is 0.781. The topological polar surface area (TPSA) is 92.6 Å². The maximum atomic E-state index is 12.5. The standard InChI is InChI=1S/C17H19F3N4O2.HI/c1-22-16(24-10-13-6-7-14(26-13)15(21)25)23-9-8-11-2-4-12(5-3-11)17(18,19)20;/h2-7H,8-10H2,1H3,(H2,21,25)(H2,22,23,24);1H. The van der Waals surface area contributed by atoms with Gasteiger partial charge in [-0.2, -0.15) is 13.2 Å². The van der Waals surface area contributed by atoms with Crippen molar-refractivity contribution >= 4 is 35.8 Å². The summed E-state index contributed by atoms with van der Waals surface area (Å²) in [6, 6.07) is 8.15. The molecule has 27 heavy (non-hydrogen) atoms. The molecule has 6 nitrogen and oxygen atoms in total. The molecule has 4 N–H and O–H groups in total. The van der Waals surface area contributed by atoms with Crippen LogP contribution in [-0.2, 0) is 19.1 Å². The summed E-state index contributed by atoms with van der Waals surface area (Å²) in [5.41, 5.74) is 5.22. The maximum Gasteiger partial charge on any atom is 0.416 e. The molecule has 1 aromatic heterocycles. The van der Waals surface area contributed by atoms with Gasteiger partial charge in [-0.1, -0.05) is 12.1 Å². The van der Waals surface area contributed by atoms with E-state index in [0.717, 1.165) is 17.7 Å². The molecule has 0 aliphatic rings. The lowest BCUT2D eigenvalue weighted by molar-refractivity contribution is -0.137. The quantitative estimate of drug-likeness (QED) is 0.326. The molecule has 0 fully saturated rings. The fourth-order valence-electron chi connectivity index (χ4n) is 2.18. The Balaban J connectivity index is 0.00000364. The molecule has 148 valence electrons. The fraction of sp³-hybridized carbons (Fsp3) is 0.294. The maximum absolute atomic E-state index is 12.5. The molecule has 0 aliphatic heterocycles. The number of guanidine groups is 1. The van der Waals surface area contributed by atoms with Crippen molar-refractivity contribution in [3.05, 3.63) is 59.0 Å². The summed E-state index contributed by atoms with van der Waals surface area (Å²) in [4.78, 5) is 15.0. The highest BCUT2D eigenvalue weighted by molar-refractivity contribution is 14.0. The first-order valence-electron chi connectivity index (χ1n) is 7.79. The van der Waals surface area contributed by atoms with Gasteiger partial charge in [-0.3, -0.25) is 9.79 Å². The number of furan rings is 1. The highest BCUT2D eigenvalue weighted by Crippen LogP contribution is 2.29. The number of benzene rings is 1. The van der Waals surface area contributed by atoms with Crippen molar-refractivity contribution in [3.63, 3.8) is 0 Å². The third-order valence-corrected chi connectivity index (χ3v) is 3.55. The first-order chi connectivity index (χ1) is 12.3. The monoisotopic (exact) mass is 496 g/mol. The van der Waals surface area contributed by atoms with Crippen molar-refractivity contribution in [1.82, 2.24) is 10.6 Å². The van der Waals surface area contributed by atoms with Crippen molar-refractivity contribution in [2.45, 2.75) is 19.1 Å². The Morgan fingerprint density at radius 1 is 1.15 bits per heavy atom. The van der Waals surface area contributed by atoms with E-state index in [9.17, 15) is 18.0 Å². The van der Waals surface area contributed by atoms with Gasteiger partial charge in [-0.25, -0.2) is 0 Å². The Hall–Kier alpha value is -2.24. The summed E-state index contributed by atoms with van der Waals surface area (Å²) >= 11 is 0. The molecule has 1 heterocycles. The molecule has 2 aromatic rings. The van der Waals surface area contributed by atoms with Crippen LogP contribution >= 0.6 is 24.0 Å². The molecule has 1 amide bonds. The number of carbonyl (C=O) groups excluding carboxylic acids is 1. The first kappa shape index (κ1) is 22.8. The molecular weight excluding hydrogens is 476 g/mol. The van der Waals surface area contributed by atoms with Gasteiger partial charge < -0.3 is 20.8 Å². The largest absolute Gasteiger partial charge is 0.454 e. The van der Waals surface area contributed by atoms with Crippen LogP contribution in [-0.4, -0.2) is 25.5 Å². The van der Waals surface area contributed by atoms with Crippen LogP contribution in [0.5, 0.6) is 0 Å². The molecule has 10 heteroatoms. The number of nitrogens with two attached hydrogens (primary N) is 1. The Morgan fingerprint density at radius 2 is 1.81 bits per heavy atom. The molecule has 2 rings (SSSR count). The van der Waals surface area contributed by atoms with Gasteiger partial charge in [0.05, 0.1) is 12.1 Å². The zero-order chi connectivity index (χ0) is 19.2. The number of nitrogens with one attached hydrogen (secondary N) is 2. The number of halogens is 4. The van der Waals surface area contributed by atoms with Crippen LogP contribution in [0.4, 0.5) is 13.2 Å². The van der Waals surface area contributed by atoms with Gasteiger partial charge in [-0.05, 0) is 36.2 Å². The van der Waals surface area contributed by atoms with Crippen LogP contribution < -0.4 is 16.4 Å². The van der Waals surface area contributed by atoms with E-state index in [-0.39, 0.29) is 29.7 Å². The number of carbonyl (C=O) groups is 1. The SMILES string of the molecule is CN=C(NCCc1ccc(C(F)(F)F)cc1)NCc1ccc(C(N)=O)o1.I. The Labute approximate surface area is 171 Å². The molecular formula is C17H20F3IN4O2. The van der Waals surface area contributed by atoms with Crippen LogP contribution in [0.15, 0.2) is 45.8 Å². The molecule has 0 atom stereocenters. The van der Waals surface area contributed by atoms with E-state index < -0.39 is 17.6 Å². The third-order valence-electron chi connectivity index (χ3n) is 3.55. The number of rotatable bonds is 6. The van der Waals surface area contributed by atoms with Crippen LogP contribution in [0.1, 0.15) is 27.4 Å². The Morgan fingerprint density at radius 3 is 2.33 bits per heavy atom. The molecule has 0 saturated carbocycles. The van der Waals surface area contributed by atoms with Gasteiger partial charge in [0.15, 0.2) is 11.7 Å². The lowest BCUT2D eigenvalue weighted by Crippen LogP contribution is -2.37. The second-order valence-electron chi connectivity index (χ2n) is 5.43. The predicted molar refractivity (Wildman–Crippen MR) is 106 cm³/mol. The fourth-order valence-corrected chi connectivity index (χ4v) is 2.18. The molecule has 0 aliphatic carbocycles. The first-order valence-corrected chi connectivity index (χ1v) is 7.79. The predicted octanol–water partition coefficient (Wildman–Crippen LogP) is 2.92. The molecule has 0 saturated heterocycles. The lowest BCUT2D eigenvalue weighted by atomic mass is 10.1. The zero-order valence-electron chi connectivity index (χ0n) is 14.5. The van der Waals surface area contributed by atoms with Gasteiger partial charge in [0.2, 0.25) is 0 Å². The smallest absolute Gasteiger partial charge is 0.416 e. The van der Waals surface area contributed by atoms with Crippen molar-refractivity contribution in [3.8, 4) is 0 Å². The summed E-state index contributed by atoms with van der Waals surface area (Å²) in [5, 5.41) is 6.04. The van der Waals surface area contributed by atoms with Gasteiger partial charge in [0.25, 0.3) is 5.91 Å². The average molecular weight is 496 g/mol. The molecule has 0 bridgehead atoms. The van der Waals surface area contributed by atoms with Gasteiger partial charge in [0, 0.05) is 13.6 Å². The molecule has 0 spiro atoms. The average Bonchev–Trinajstić information content (AvgIpc) is 3.07. The lowest BCUT2D eigenvalue weighted by Gasteiger charge is -2.11. The van der Waals surface area contributed by atoms with E-state index in [1.54, 1.807) is 13.1 Å². The van der Waals surface area contributed by atoms with Crippen LogP contribution in [0, 0.1) is 0 Å². The normalized spacial score (nSPS) is 11.6. The highest BCUT2D eigenvalue weighted by atomic mass is 127. The second kappa shape index (κ2) is 10.2. The van der Waals surface area contributed by atoms with E-state index in [0.29, 0.717) is 31.2 Å². The van der Waals surface area contributed by atoms with E-state index >= 15 is 0 Å². The summed E-state index contributed by atoms with van der Waals surface area (Å²) in [7, 11) is 1.59. The number of hydrogen-bond acceptors (Lipinski definition) is 3. The van der Waals surface area contributed by atoms with Crippen LogP contribution in [0.3, 0.4) is 0 Å². The Kier molecular flexibility index (Phi) is 8.60. The summed E-state index contributed by atoms with van der Waals surface area (Å²) in [6.07, 6.45) is -3.80. The van der Waals surface area contributed by atoms with Gasteiger partial charge in [0.1, 0.15) is 5.76 Å². The van der Waals surface area contributed by atoms with Crippen LogP contribution in [0.25, 0.3) is 0 Å². The second-order valence-corrected chi connectivity index (χ2v) is 5.43. The van der Waals surface area contributed by atoms with Crippen molar-refractivity contribution in [2.75, 3.05) is 13.6 Å². The number of hydrogen-bond donors (Lipinski definition) is 3. The zero-order valence-corrected chi connectivity index (χ0v) is 16.8. The van der Waals surface area contributed by atoms with Crippen molar-refractivity contribution in [2.24, 2.45) is 10.7 Å². The minimum absolute atomic E-state index is 0. The van der Waals surface area contributed by atoms with E-state index in [1.165, 1.54) is 18.2 Å². The van der Waals surface area contributed by atoms with E-state index in [2.05, 4.69) is 15.6 Å². The summed E-state index contributed by atoms with van der Waals surface area (Å²) in [5.74, 6) is 0.445. The van der Waals surface area contributed by atoms with Crippen LogP contribution in [0.2, 0.25) is 0 Å². The molecule has 0 radical (unpaired) electrons. The highest BCUT2D eigenvalue weighted by Gasteiger charge is 2.29. The van der Waals surface area contributed by atoms with Crippen molar-refractivity contribution in [1.29, 1.82) is 0 Å². The van der Waals surface area contributed by atoms with Gasteiger partial charge in [-0.15, -0.1) is 24.0 Å². The molecule has 0 unspecified atom stereocenters. The number of amides is 1. The minimum atomic E-state index is -4.33. The number of nitrogens with zero attached hydrogens (tertiary/aromatic N) is 1. The summed E-state index contributed by atoms with van der Waals surface area (Å²) < 4.78 is 42.8. The minimum Gasteiger partial charge on any atom is -0.454 e.